The second kappa shape index (κ2) is 4.12. The van der Waals surface area contributed by atoms with Gasteiger partial charge in [-0.3, -0.25) is 4.98 Å². The first-order valence-electron chi connectivity index (χ1n) is 5.85. The van der Waals surface area contributed by atoms with Gasteiger partial charge in [0.1, 0.15) is 0 Å². The van der Waals surface area contributed by atoms with Gasteiger partial charge in [-0.15, -0.1) is 0 Å². The van der Waals surface area contributed by atoms with Crippen LogP contribution in [0.1, 0.15) is 49.2 Å². The normalized spacial score (nSPS) is 15.3. The van der Waals surface area contributed by atoms with E-state index in [0.717, 1.165) is 12.8 Å². The average molecular weight is 189 g/mol. The molecule has 0 spiro atoms. The molecule has 1 aliphatic carbocycles. The van der Waals surface area contributed by atoms with Crippen LogP contribution in [-0.4, -0.2) is 4.98 Å². The van der Waals surface area contributed by atoms with Crippen LogP contribution in [0.4, 0.5) is 0 Å². The van der Waals surface area contributed by atoms with Gasteiger partial charge < -0.3 is 0 Å². The molecular weight excluding hydrogens is 170 g/mol. The van der Waals surface area contributed by atoms with E-state index in [1.54, 1.807) is 11.1 Å². The van der Waals surface area contributed by atoms with Crippen LogP contribution in [0, 0.1) is 0 Å². The van der Waals surface area contributed by atoms with Crippen LogP contribution in [-0.2, 0) is 25.7 Å². The van der Waals surface area contributed by atoms with Crippen molar-refractivity contribution in [1.82, 2.24) is 4.98 Å². The molecule has 0 amide bonds. The molecule has 14 heavy (non-hydrogen) atoms. The molecule has 1 aromatic heterocycles. The van der Waals surface area contributed by atoms with Crippen molar-refractivity contribution in [1.29, 1.82) is 0 Å². The lowest BCUT2D eigenvalue weighted by Gasteiger charge is -2.19. The zero-order valence-corrected chi connectivity index (χ0v) is 9.27. The first-order valence-corrected chi connectivity index (χ1v) is 5.85. The predicted octanol–water partition coefficient (Wildman–Crippen LogP) is 3.09. The second-order valence-electron chi connectivity index (χ2n) is 4.11. The fourth-order valence-corrected chi connectivity index (χ4v) is 2.35. The first kappa shape index (κ1) is 9.70. The van der Waals surface area contributed by atoms with E-state index < -0.39 is 0 Å². The van der Waals surface area contributed by atoms with E-state index in [1.165, 1.54) is 37.1 Å². The highest BCUT2D eigenvalue weighted by atomic mass is 14.7. The smallest absolute Gasteiger partial charge is 0.0441 e. The van der Waals surface area contributed by atoms with Crippen molar-refractivity contribution in [2.24, 2.45) is 0 Å². The maximum absolute atomic E-state index is 4.74. The minimum absolute atomic E-state index is 1.07. The topological polar surface area (TPSA) is 12.9 Å². The molecule has 0 radical (unpaired) electrons. The maximum Gasteiger partial charge on any atom is 0.0441 e. The van der Waals surface area contributed by atoms with E-state index in [9.17, 15) is 0 Å². The molecule has 0 aliphatic heterocycles. The van der Waals surface area contributed by atoms with Gasteiger partial charge in [0.05, 0.1) is 0 Å². The van der Waals surface area contributed by atoms with Gasteiger partial charge in [0, 0.05) is 11.4 Å². The molecule has 0 fully saturated rings. The van der Waals surface area contributed by atoms with Crippen LogP contribution in [0.15, 0.2) is 6.07 Å². The zero-order chi connectivity index (χ0) is 9.97. The van der Waals surface area contributed by atoms with Gasteiger partial charge in [-0.25, -0.2) is 0 Å². The summed E-state index contributed by atoms with van der Waals surface area (Å²) in [4.78, 5) is 4.74. The van der Waals surface area contributed by atoms with Crippen LogP contribution >= 0.6 is 0 Å². The Morgan fingerprint density at radius 3 is 2.64 bits per heavy atom. The Labute approximate surface area is 86.6 Å². The quantitative estimate of drug-likeness (QED) is 0.696. The first-order chi connectivity index (χ1) is 6.85. The molecule has 0 N–H and O–H groups in total. The van der Waals surface area contributed by atoms with Gasteiger partial charge in [0.2, 0.25) is 0 Å². The minimum atomic E-state index is 1.07. The van der Waals surface area contributed by atoms with E-state index >= 15 is 0 Å². The lowest BCUT2D eigenvalue weighted by atomic mass is 9.90. The summed E-state index contributed by atoms with van der Waals surface area (Å²) in [5.74, 6) is 0. The summed E-state index contributed by atoms with van der Waals surface area (Å²) >= 11 is 0. The highest BCUT2D eigenvalue weighted by Gasteiger charge is 2.14. The number of rotatable bonds is 2. The van der Waals surface area contributed by atoms with Crippen molar-refractivity contribution in [3.8, 4) is 0 Å². The van der Waals surface area contributed by atoms with Crippen molar-refractivity contribution in [2.75, 3.05) is 0 Å². The molecule has 0 atom stereocenters. The Hall–Kier alpha value is -0.850. The lowest BCUT2D eigenvalue weighted by Crippen LogP contribution is -2.10. The number of hydrogen-bond donors (Lipinski definition) is 0. The van der Waals surface area contributed by atoms with Gasteiger partial charge in [0.15, 0.2) is 0 Å². The van der Waals surface area contributed by atoms with Crippen LogP contribution in [0.25, 0.3) is 0 Å². The van der Waals surface area contributed by atoms with Crippen molar-refractivity contribution in [3.63, 3.8) is 0 Å². The van der Waals surface area contributed by atoms with E-state index in [-0.39, 0.29) is 0 Å². The standard InChI is InChI=1S/C13H19N/c1-3-10-9-11(4-2)14-13-8-6-5-7-12(10)13/h9H,3-8H2,1-2H3. The van der Waals surface area contributed by atoms with Gasteiger partial charge >= 0.3 is 0 Å². The molecule has 0 unspecified atom stereocenters. The van der Waals surface area contributed by atoms with Crippen molar-refractivity contribution in [3.05, 3.63) is 28.6 Å². The average Bonchev–Trinajstić information content (AvgIpc) is 2.27. The fraction of sp³-hybridized carbons (Fsp3) is 0.615. The Balaban J connectivity index is 2.47. The molecule has 1 nitrogen and oxygen atoms in total. The number of aromatic nitrogens is 1. The summed E-state index contributed by atoms with van der Waals surface area (Å²) in [6.45, 7) is 4.45. The Morgan fingerprint density at radius 1 is 1.14 bits per heavy atom. The summed E-state index contributed by atoms with van der Waals surface area (Å²) in [6, 6.07) is 2.31. The predicted molar refractivity (Wildman–Crippen MR) is 59.6 cm³/mol. The number of pyridine rings is 1. The lowest BCUT2D eigenvalue weighted by molar-refractivity contribution is 0.656. The molecular formula is C13H19N. The number of aryl methyl sites for hydroxylation is 3. The second-order valence-corrected chi connectivity index (χ2v) is 4.11. The van der Waals surface area contributed by atoms with E-state index in [0.29, 0.717) is 0 Å². The third-order valence-corrected chi connectivity index (χ3v) is 3.19. The molecule has 1 aromatic rings. The molecule has 0 saturated heterocycles. The monoisotopic (exact) mass is 189 g/mol. The Bertz CT molecular complexity index is 311. The third-order valence-electron chi connectivity index (χ3n) is 3.19. The number of hydrogen-bond acceptors (Lipinski definition) is 1. The molecule has 0 bridgehead atoms. The van der Waals surface area contributed by atoms with E-state index in [4.69, 9.17) is 4.98 Å². The van der Waals surface area contributed by atoms with Gasteiger partial charge in [-0.05, 0) is 55.7 Å². The number of fused-ring (bicyclic) bond motifs is 1. The fourth-order valence-electron chi connectivity index (χ4n) is 2.35. The van der Waals surface area contributed by atoms with E-state index in [1.807, 2.05) is 0 Å². The van der Waals surface area contributed by atoms with Crippen LogP contribution in [0.2, 0.25) is 0 Å². The number of nitrogens with zero attached hydrogens (tertiary/aromatic N) is 1. The van der Waals surface area contributed by atoms with Crippen LogP contribution < -0.4 is 0 Å². The van der Waals surface area contributed by atoms with Gasteiger partial charge in [-0.1, -0.05) is 13.8 Å². The summed E-state index contributed by atoms with van der Waals surface area (Å²) in [7, 11) is 0. The molecule has 0 saturated carbocycles. The van der Waals surface area contributed by atoms with Crippen LogP contribution in [0.5, 0.6) is 0 Å². The van der Waals surface area contributed by atoms with Crippen molar-refractivity contribution >= 4 is 0 Å². The van der Waals surface area contributed by atoms with Crippen LogP contribution in [0.3, 0.4) is 0 Å². The van der Waals surface area contributed by atoms with Gasteiger partial charge in [0.25, 0.3) is 0 Å². The van der Waals surface area contributed by atoms with Gasteiger partial charge in [-0.2, -0.15) is 0 Å². The Morgan fingerprint density at radius 2 is 1.93 bits per heavy atom. The molecule has 1 heteroatoms. The SMILES string of the molecule is CCc1cc(CC)c2c(n1)CCCC2. The summed E-state index contributed by atoms with van der Waals surface area (Å²) in [5.41, 5.74) is 5.79. The van der Waals surface area contributed by atoms with Crippen molar-refractivity contribution in [2.45, 2.75) is 52.4 Å². The molecule has 1 aliphatic rings. The summed E-state index contributed by atoms with van der Waals surface area (Å²) in [5, 5.41) is 0. The molecule has 0 aromatic carbocycles. The molecule has 76 valence electrons. The maximum atomic E-state index is 4.74. The Kier molecular flexibility index (Phi) is 2.85. The molecule has 1 heterocycles. The third kappa shape index (κ3) is 1.68. The molecule has 2 rings (SSSR count). The highest BCUT2D eigenvalue weighted by Crippen LogP contribution is 2.24. The summed E-state index contributed by atoms with van der Waals surface area (Å²) in [6.07, 6.45) is 7.38. The highest BCUT2D eigenvalue weighted by molar-refractivity contribution is 5.34. The van der Waals surface area contributed by atoms with Crippen molar-refractivity contribution < 1.29 is 0 Å². The zero-order valence-electron chi connectivity index (χ0n) is 9.27. The summed E-state index contributed by atoms with van der Waals surface area (Å²) < 4.78 is 0. The minimum Gasteiger partial charge on any atom is -0.258 e. The largest absolute Gasteiger partial charge is 0.258 e. The van der Waals surface area contributed by atoms with E-state index in [2.05, 4.69) is 19.9 Å².